The van der Waals surface area contributed by atoms with Crippen molar-refractivity contribution < 1.29 is 4.74 Å². The first kappa shape index (κ1) is 11.9. The van der Waals surface area contributed by atoms with Crippen LogP contribution in [0.2, 0.25) is 0 Å². The van der Waals surface area contributed by atoms with Gasteiger partial charge in [-0.1, -0.05) is 0 Å². The fraction of sp³-hybridized carbons (Fsp3) is 0.538. The number of nitrogens with one attached hydrogen (secondary N) is 1. The monoisotopic (exact) mass is 231 g/mol. The molecule has 0 radical (unpaired) electrons. The molecule has 1 aliphatic heterocycles. The number of ether oxygens (including phenoxy) is 1. The summed E-state index contributed by atoms with van der Waals surface area (Å²) in [6.45, 7) is 3.89. The van der Waals surface area contributed by atoms with Crippen LogP contribution in [0.4, 0.5) is 5.69 Å². The predicted molar refractivity (Wildman–Crippen MR) is 65.6 cm³/mol. The molecule has 17 heavy (non-hydrogen) atoms. The fourth-order valence-electron chi connectivity index (χ4n) is 2.09. The third-order valence-corrected chi connectivity index (χ3v) is 3.17. The van der Waals surface area contributed by atoms with Crippen LogP contribution >= 0.6 is 0 Å². The smallest absolute Gasteiger partial charge is 0.140 e. The molecule has 1 fully saturated rings. The van der Waals surface area contributed by atoms with Gasteiger partial charge in [-0.2, -0.15) is 5.26 Å². The van der Waals surface area contributed by atoms with E-state index >= 15 is 0 Å². The molecule has 1 aromatic heterocycles. The SMILES string of the molecule is CC(Nc1ccc(C#N)nc1)C1CCCOC1. The second kappa shape index (κ2) is 5.65. The summed E-state index contributed by atoms with van der Waals surface area (Å²) in [4.78, 5) is 4.04. The zero-order chi connectivity index (χ0) is 12.1. The molecule has 2 unspecified atom stereocenters. The van der Waals surface area contributed by atoms with Gasteiger partial charge in [-0.05, 0) is 31.9 Å². The van der Waals surface area contributed by atoms with Crippen molar-refractivity contribution in [2.75, 3.05) is 18.5 Å². The second-order valence-corrected chi connectivity index (χ2v) is 4.45. The van der Waals surface area contributed by atoms with Gasteiger partial charge in [0.1, 0.15) is 11.8 Å². The standard InChI is InChI=1S/C13H17N3O/c1-10(11-3-2-6-17-9-11)16-13-5-4-12(7-14)15-8-13/h4-5,8,10-11,16H,2-3,6,9H2,1H3. The van der Waals surface area contributed by atoms with Crippen LogP contribution in [0.5, 0.6) is 0 Å². The molecule has 2 heterocycles. The first-order valence-corrected chi connectivity index (χ1v) is 6.00. The molecule has 0 amide bonds. The van der Waals surface area contributed by atoms with Crippen molar-refractivity contribution in [3.05, 3.63) is 24.0 Å². The minimum atomic E-state index is 0.366. The van der Waals surface area contributed by atoms with Gasteiger partial charge in [-0.3, -0.25) is 0 Å². The van der Waals surface area contributed by atoms with Crippen LogP contribution in [0.1, 0.15) is 25.5 Å². The summed E-state index contributed by atoms with van der Waals surface area (Å²) in [6, 6.07) is 6.00. The van der Waals surface area contributed by atoms with Gasteiger partial charge in [-0.15, -0.1) is 0 Å². The Hall–Kier alpha value is -1.60. The third-order valence-electron chi connectivity index (χ3n) is 3.17. The van der Waals surface area contributed by atoms with Gasteiger partial charge in [0.15, 0.2) is 0 Å². The quantitative estimate of drug-likeness (QED) is 0.866. The van der Waals surface area contributed by atoms with Crippen molar-refractivity contribution in [2.45, 2.75) is 25.8 Å². The summed E-state index contributed by atoms with van der Waals surface area (Å²) >= 11 is 0. The molecular weight excluding hydrogens is 214 g/mol. The summed E-state index contributed by atoms with van der Waals surface area (Å²) < 4.78 is 5.48. The maximum absolute atomic E-state index is 8.66. The third kappa shape index (κ3) is 3.18. The van der Waals surface area contributed by atoms with Crippen molar-refractivity contribution >= 4 is 5.69 Å². The molecule has 2 atom stereocenters. The van der Waals surface area contributed by atoms with E-state index in [9.17, 15) is 0 Å². The molecule has 1 N–H and O–H groups in total. The Morgan fingerprint density at radius 1 is 1.59 bits per heavy atom. The average molecular weight is 231 g/mol. The summed E-state index contributed by atoms with van der Waals surface area (Å²) in [6.07, 6.45) is 4.05. The number of pyridine rings is 1. The van der Waals surface area contributed by atoms with E-state index in [-0.39, 0.29) is 0 Å². The topological polar surface area (TPSA) is 57.9 Å². The van der Waals surface area contributed by atoms with Crippen LogP contribution in [0, 0.1) is 17.2 Å². The second-order valence-electron chi connectivity index (χ2n) is 4.45. The average Bonchev–Trinajstić information content (AvgIpc) is 2.40. The highest BCUT2D eigenvalue weighted by molar-refractivity contribution is 5.43. The molecule has 90 valence electrons. The Kier molecular flexibility index (Phi) is 3.94. The highest BCUT2D eigenvalue weighted by atomic mass is 16.5. The Morgan fingerprint density at radius 2 is 2.47 bits per heavy atom. The first-order valence-electron chi connectivity index (χ1n) is 6.00. The number of nitrogens with zero attached hydrogens (tertiary/aromatic N) is 2. The van der Waals surface area contributed by atoms with Crippen LogP contribution in [0.15, 0.2) is 18.3 Å². The molecule has 4 nitrogen and oxygen atoms in total. The molecule has 0 aromatic carbocycles. The van der Waals surface area contributed by atoms with E-state index in [1.165, 1.54) is 6.42 Å². The molecule has 4 heteroatoms. The maximum atomic E-state index is 8.66. The van der Waals surface area contributed by atoms with Gasteiger partial charge in [0.05, 0.1) is 18.5 Å². The van der Waals surface area contributed by atoms with Gasteiger partial charge < -0.3 is 10.1 Å². The number of hydrogen-bond acceptors (Lipinski definition) is 4. The fourth-order valence-corrected chi connectivity index (χ4v) is 2.09. The van der Waals surface area contributed by atoms with Crippen LogP contribution < -0.4 is 5.32 Å². The molecule has 1 aromatic rings. The van der Waals surface area contributed by atoms with Gasteiger partial charge in [-0.25, -0.2) is 4.98 Å². The molecule has 1 saturated heterocycles. The van der Waals surface area contributed by atoms with Crippen molar-refractivity contribution in [3.63, 3.8) is 0 Å². The van der Waals surface area contributed by atoms with E-state index < -0.39 is 0 Å². The molecule has 0 saturated carbocycles. The number of aromatic nitrogens is 1. The van der Waals surface area contributed by atoms with Crippen molar-refractivity contribution in [1.29, 1.82) is 5.26 Å². The number of nitriles is 1. The molecule has 0 spiro atoms. The number of hydrogen-bond donors (Lipinski definition) is 1. The minimum Gasteiger partial charge on any atom is -0.381 e. The number of anilines is 1. The van der Waals surface area contributed by atoms with E-state index in [4.69, 9.17) is 10.00 Å². The summed E-state index contributed by atoms with van der Waals surface area (Å²) in [5, 5.41) is 12.1. The summed E-state index contributed by atoms with van der Waals surface area (Å²) in [7, 11) is 0. The Labute approximate surface area is 102 Å². The lowest BCUT2D eigenvalue weighted by molar-refractivity contribution is 0.0496. The zero-order valence-electron chi connectivity index (χ0n) is 10.0. The Bertz CT molecular complexity index is 390. The lowest BCUT2D eigenvalue weighted by atomic mass is 9.95. The van der Waals surface area contributed by atoms with Crippen LogP contribution in [-0.4, -0.2) is 24.2 Å². The lowest BCUT2D eigenvalue weighted by Crippen LogP contribution is -2.32. The summed E-state index contributed by atoms with van der Waals surface area (Å²) in [5.41, 5.74) is 1.41. The van der Waals surface area contributed by atoms with Crippen LogP contribution in [0.25, 0.3) is 0 Å². The Balaban J connectivity index is 1.92. The molecule has 0 bridgehead atoms. The highest BCUT2D eigenvalue weighted by Crippen LogP contribution is 2.20. The van der Waals surface area contributed by atoms with Crippen molar-refractivity contribution in [2.24, 2.45) is 5.92 Å². The van der Waals surface area contributed by atoms with Gasteiger partial charge >= 0.3 is 0 Å². The predicted octanol–water partition coefficient (Wildman–Crippen LogP) is 2.18. The zero-order valence-corrected chi connectivity index (χ0v) is 10.0. The van der Waals surface area contributed by atoms with Gasteiger partial charge in [0, 0.05) is 18.6 Å². The Morgan fingerprint density at radius 3 is 3.06 bits per heavy atom. The van der Waals surface area contributed by atoms with E-state index in [0.717, 1.165) is 25.3 Å². The molecule has 2 rings (SSSR count). The molecule has 1 aliphatic rings. The lowest BCUT2D eigenvalue weighted by Gasteiger charge is -2.28. The molecular formula is C13H17N3O. The minimum absolute atomic E-state index is 0.366. The van der Waals surface area contributed by atoms with Crippen molar-refractivity contribution in [1.82, 2.24) is 4.98 Å². The van der Waals surface area contributed by atoms with E-state index in [0.29, 0.717) is 17.7 Å². The van der Waals surface area contributed by atoms with Gasteiger partial charge in [0.25, 0.3) is 0 Å². The van der Waals surface area contributed by atoms with Gasteiger partial charge in [0.2, 0.25) is 0 Å². The maximum Gasteiger partial charge on any atom is 0.140 e. The van der Waals surface area contributed by atoms with Crippen LogP contribution in [0.3, 0.4) is 0 Å². The van der Waals surface area contributed by atoms with E-state index in [1.807, 2.05) is 12.1 Å². The largest absolute Gasteiger partial charge is 0.381 e. The first-order chi connectivity index (χ1) is 8.29. The van der Waals surface area contributed by atoms with Crippen LogP contribution in [-0.2, 0) is 4.74 Å². The molecule has 0 aliphatic carbocycles. The van der Waals surface area contributed by atoms with E-state index in [2.05, 4.69) is 17.2 Å². The van der Waals surface area contributed by atoms with Crippen molar-refractivity contribution in [3.8, 4) is 6.07 Å². The highest BCUT2D eigenvalue weighted by Gasteiger charge is 2.20. The number of rotatable bonds is 3. The van der Waals surface area contributed by atoms with E-state index in [1.54, 1.807) is 12.3 Å². The normalized spacial score (nSPS) is 21.5. The summed E-state index contributed by atoms with van der Waals surface area (Å²) in [5.74, 6) is 0.555.